The molecule has 2 heteroatoms. The van der Waals surface area contributed by atoms with Gasteiger partial charge in [-0.3, -0.25) is 0 Å². The Labute approximate surface area is 89.3 Å². The van der Waals surface area contributed by atoms with E-state index >= 15 is 0 Å². The van der Waals surface area contributed by atoms with Crippen molar-refractivity contribution in [2.45, 2.75) is 33.3 Å². The first-order valence-corrected chi connectivity index (χ1v) is 5.04. The zero-order chi connectivity index (χ0) is 10.5. The fourth-order valence-corrected chi connectivity index (χ4v) is 1.25. The molecule has 0 bridgehead atoms. The summed E-state index contributed by atoms with van der Waals surface area (Å²) < 4.78 is 6.58. The standard InChI is InChI=1S/C11H17BrO/c1-6-8-9(12)10(7-2)13-11(3,4)5/h6-8H,2H2,1,3-5H3/b8-6-,10-9-. The highest BCUT2D eigenvalue weighted by Gasteiger charge is 2.13. The Hall–Kier alpha value is -0.500. The highest BCUT2D eigenvalue weighted by atomic mass is 79.9. The first-order valence-electron chi connectivity index (χ1n) is 4.24. The smallest absolute Gasteiger partial charge is 0.133 e. The average Bonchev–Trinajstić information content (AvgIpc) is 1.99. The third kappa shape index (κ3) is 5.69. The molecule has 0 N–H and O–H groups in total. The zero-order valence-electron chi connectivity index (χ0n) is 8.73. The van der Waals surface area contributed by atoms with Crippen LogP contribution in [0.15, 0.2) is 35.0 Å². The maximum atomic E-state index is 5.66. The van der Waals surface area contributed by atoms with Crippen LogP contribution < -0.4 is 0 Å². The van der Waals surface area contributed by atoms with Gasteiger partial charge in [-0.15, -0.1) is 0 Å². The Morgan fingerprint density at radius 2 is 1.92 bits per heavy atom. The molecule has 0 aromatic rings. The van der Waals surface area contributed by atoms with Crippen LogP contribution in [0.2, 0.25) is 0 Å². The molecule has 0 aromatic carbocycles. The van der Waals surface area contributed by atoms with Gasteiger partial charge < -0.3 is 4.74 Å². The van der Waals surface area contributed by atoms with Gasteiger partial charge in [0.25, 0.3) is 0 Å². The van der Waals surface area contributed by atoms with Crippen LogP contribution in [0.5, 0.6) is 0 Å². The van der Waals surface area contributed by atoms with E-state index in [1.807, 2.05) is 39.8 Å². The molecule has 74 valence electrons. The molecule has 0 rings (SSSR count). The number of halogens is 1. The summed E-state index contributed by atoms with van der Waals surface area (Å²) in [5, 5.41) is 0. The minimum Gasteiger partial charge on any atom is -0.487 e. The molecular weight excluding hydrogens is 228 g/mol. The number of rotatable bonds is 3. The van der Waals surface area contributed by atoms with Gasteiger partial charge in [0.05, 0.1) is 4.48 Å². The molecule has 0 saturated carbocycles. The number of hydrogen-bond donors (Lipinski definition) is 0. The molecule has 0 unspecified atom stereocenters. The molecule has 0 saturated heterocycles. The zero-order valence-corrected chi connectivity index (χ0v) is 10.3. The van der Waals surface area contributed by atoms with Gasteiger partial charge in [-0.25, -0.2) is 0 Å². The van der Waals surface area contributed by atoms with Crippen molar-refractivity contribution < 1.29 is 4.74 Å². The molecular formula is C11H17BrO. The van der Waals surface area contributed by atoms with E-state index in [9.17, 15) is 0 Å². The second kappa shape index (κ2) is 5.28. The van der Waals surface area contributed by atoms with Crippen molar-refractivity contribution in [3.8, 4) is 0 Å². The molecule has 0 fully saturated rings. The summed E-state index contributed by atoms with van der Waals surface area (Å²) in [4.78, 5) is 0. The molecule has 0 aliphatic carbocycles. The molecule has 0 atom stereocenters. The maximum absolute atomic E-state index is 5.66. The Balaban J connectivity index is 4.69. The summed E-state index contributed by atoms with van der Waals surface area (Å²) in [5.41, 5.74) is -0.190. The lowest BCUT2D eigenvalue weighted by Crippen LogP contribution is -2.18. The Kier molecular flexibility index (Phi) is 5.07. The van der Waals surface area contributed by atoms with Gasteiger partial charge in [0.2, 0.25) is 0 Å². The van der Waals surface area contributed by atoms with E-state index in [4.69, 9.17) is 4.74 Å². The van der Waals surface area contributed by atoms with E-state index in [-0.39, 0.29) is 5.60 Å². The van der Waals surface area contributed by atoms with Crippen LogP contribution in [0.1, 0.15) is 27.7 Å². The predicted molar refractivity (Wildman–Crippen MR) is 61.8 cm³/mol. The third-order valence-corrected chi connectivity index (χ3v) is 1.81. The number of ether oxygens (including phenoxy) is 1. The van der Waals surface area contributed by atoms with Gasteiger partial charge in [-0.1, -0.05) is 12.7 Å². The largest absolute Gasteiger partial charge is 0.487 e. The summed E-state index contributed by atoms with van der Waals surface area (Å²) in [6.45, 7) is 11.7. The van der Waals surface area contributed by atoms with Crippen LogP contribution in [0.4, 0.5) is 0 Å². The molecule has 0 aliphatic heterocycles. The second-order valence-corrected chi connectivity index (χ2v) is 4.49. The van der Waals surface area contributed by atoms with E-state index in [0.29, 0.717) is 0 Å². The SMILES string of the molecule is C=C/C(OC(C)(C)C)=C(Br)\C=C/C. The minimum atomic E-state index is -0.190. The molecule has 0 aliphatic rings. The van der Waals surface area contributed by atoms with Crippen LogP contribution in [0, 0.1) is 0 Å². The molecule has 0 spiro atoms. The van der Waals surface area contributed by atoms with Crippen molar-refractivity contribution in [1.29, 1.82) is 0 Å². The van der Waals surface area contributed by atoms with Gasteiger partial charge in [0.15, 0.2) is 0 Å². The Bertz CT molecular complexity index is 231. The molecule has 13 heavy (non-hydrogen) atoms. The van der Waals surface area contributed by atoms with Crippen LogP contribution in [0.25, 0.3) is 0 Å². The minimum absolute atomic E-state index is 0.190. The van der Waals surface area contributed by atoms with Crippen molar-refractivity contribution >= 4 is 15.9 Å². The predicted octanol–water partition coefficient (Wildman–Crippen LogP) is 4.17. The third-order valence-electron chi connectivity index (χ3n) is 1.15. The van der Waals surface area contributed by atoms with Gasteiger partial charge in [0, 0.05) is 0 Å². The summed E-state index contributed by atoms with van der Waals surface area (Å²) in [6.07, 6.45) is 5.58. The van der Waals surface area contributed by atoms with Gasteiger partial charge in [0.1, 0.15) is 11.4 Å². The van der Waals surface area contributed by atoms with E-state index in [1.165, 1.54) is 0 Å². The quantitative estimate of drug-likeness (QED) is 0.535. The monoisotopic (exact) mass is 244 g/mol. The second-order valence-electron chi connectivity index (χ2n) is 3.63. The molecule has 0 aromatic heterocycles. The summed E-state index contributed by atoms with van der Waals surface area (Å²) in [5.74, 6) is 0.769. The lowest BCUT2D eigenvalue weighted by Gasteiger charge is -2.22. The van der Waals surface area contributed by atoms with E-state index in [2.05, 4.69) is 22.5 Å². The average molecular weight is 245 g/mol. The molecule has 0 radical (unpaired) electrons. The van der Waals surface area contributed by atoms with Crippen LogP contribution in [-0.2, 0) is 4.74 Å². The van der Waals surface area contributed by atoms with Crippen molar-refractivity contribution in [2.75, 3.05) is 0 Å². The lowest BCUT2D eigenvalue weighted by molar-refractivity contribution is 0.0597. The van der Waals surface area contributed by atoms with Crippen LogP contribution in [0.3, 0.4) is 0 Å². The van der Waals surface area contributed by atoms with Crippen molar-refractivity contribution in [2.24, 2.45) is 0 Å². The fourth-order valence-electron chi connectivity index (χ4n) is 0.746. The number of allylic oxidation sites excluding steroid dienone is 4. The normalized spacial score (nSPS) is 14.2. The Morgan fingerprint density at radius 3 is 2.23 bits per heavy atom. The summed E-state index contributed by atoms with van der Waals surface area (Å²) in [6, 6.07) is 0. The molecule has 1 nitrogen and oxygen atoms in total. The highest BCUT2D eigenvalue weighted by Crippen LogP contribution is 2.21. The first kappa shape index (κ1) is 12.5. The maximum Gasteiger partial charge on any atom is 0.133 e. The van der Waals surface area contributed by atoms with Crippen molar-refractivity contribution in [1.82, 2.24) is 0 Å². The molecule has 0 heterocycles. The topological polar surface area (TPSA) is 9.23 Å². The van der Waals surface area contributed by atoms with Crippen LogP contribution >= 0.6 is 15.9 Å². The van der Waals surface area contributed by atoms with Crippen molar-refractivity contribution in [3.05, 3.63) is 35.0 Å². The van der Waals surface area contributed by atoms with E-state index in [0.717, 1.165) is 10.2 Å². The Morgan fingerprint density at radius 1 is 1.38 bits per heavy atom. The van der Waals surface area contributed by atoms with Gasteiger partial charge >= 0.3 is 0 Å². The van der Waals surface area contributed by atoms with Gasteiger partial charge in [-0.2, -0.15) is 0 Å². The fraction of sp³-hybridized carbons (Fsp3) is 0.455. The van der Waals surface area contributed by atoms with Crippen molar-refractivity contribution in [3.63, 3.8) is 0 Å². The number of hydrogen-bond acceptors (Lipinski definition) is 1. The highest BCUT2D eigenvalue weighted by molar-refractivity contribution is 9.11. The lowest BCUT2D eigenvalue weighted by atomic mass is 10.2. The first-order chi connectivity index (χ1) is 5.90. The van der Waals surface area contributed by atoms with Gasteiger partial charge in [-0.05, 0) is 55.8 Å². The molecule has 0 amide bonds. The summed E-state index contributed by atoms with van der Waals surface area (Å²) in [7, 11) is 0. The summed E-state index contributed by atoms with van der Waals surface area (Å²) >= 11 is 3.41. The van der Waals surface area contributed by atoms with E-state index in [1.54, 1.807) is 6.08 Å². The van der Waals surface area contributed by atoms with Crippen LogP contribution in [-0.4, -0.2) is 5.60 Å². The van der Waals surface area contributed by atoms with E-state index < -0.39 is 0 Å².